The van der Waals surface area contributed by atoms with E-state index in [0.29, 0.717) is 16.4 Å². The van der Waals surface area contributed by atoms with Gasteiger partial charge in [-0.1, -0.05) is 0 Å². The molecule has 108 valence electrons. The Morgan fingerprint density at radius 1 is 1.45 bits per heavy atom. The van der Waals surface area contributed by atoms with Crippen molar-refractivity contribution in [3.05, 3.63) is 21.8 Å². The number of thiazole rings is 1. The normalized spacial score (nSPS) is 14.5. The van der Waals surface area contributed by atoms with Gasteiger partial charge in [0.2, 0.25) is 5.03 Å². The first-order valence-electron chi connectivity index (χ1n) is 6.26. The van der Waals surface area contributed by atoms with Crippen molar-refractivity contribution < 1.29 is 8.42 Å². The van der Waals surface area contributed by atoms with Crippen LogP contribution in [0.5, 0.6) is 0 Å². The van der Waals surface area contributed by atoms with Crippen molar-refractivity contribution in [1.82, 2.24) is 15.2 Å². The van der Waals surface area contributed by atoms with Gasteiger partial charge in [0.15, 0.2) is 5.13 Å². The highest BCUT2D eigenvalue weighted by molar-refractivity contribution is 7.92. The highest BCUT2D eigenvalue weighted by Gasteiger charge is 2.25. The van der Waals surface area contributed by atoms with Crippen LogP contribution >= 0.6 is 11.3 Å². The largest absolute Gasteiger partial charge is 0.326 e. The van der Waals surface area contributed by atoms with Gasteiger partial charge in [-0.3, -0.25) is 9.82 Å². The summed E-state index contributed by atoms with van der Waals surface area (Å²) in [4.78, 5) is 5.49. The molecule has 1 aliphatic carbocycles. The van der Waals surface area contributed by atoms with Gasteiger partial charge in [0, 0.05) is 22.7 Å². The molecule has 2 aromatic heterocycles. The molecular weight excluding hydrogens is 298 g/mol. The second-order valence-corrected chi connectivity index (χ2v) is 7.37. The summed E-state index contributed by atoms with van der Waals surface area (Å²) in [5.74, 6) is 0. The zero-order chi connectivity index (χ0) is 14.3. The number of aryl methyl sites for hydroxylation is 3. The first kappa shape index (κ1) is 13.5. The number of aromatic amines is 1. The van der Waals surface area contributed by atoms with E-state index in [1.165, 1.54) is 16.2 Å². The molecule has 4 N–H and O–H groups in total. The Kier molecular flexibility index (Phi) is 3.27. The Balaban J connectivity index is 1.91. The minimum Gasteiger partial charge on any atom is -0.326 e. The van der Waals surface area contributed by atoms with Crippen molar-refractivity contribution in [2.45, 2.75) is 37.8 Å². The lowest BCUT2D eigenvalue weighted by Gasteiger charge is -2.04. The van der Waals surface area contributed by atoms with E-state index in [0.717, 1.165) is 25.0 Å². The maximum absolute atomic E-state index is 12.3. The molecule has 20 heavy (non-hydrogen) atoms. The van der Waals surface area contributed by atoms with Crippen molar-refractivity contribution in [2.75, 3.05) is 4.72 Å². The Hall–Kier alpha value is -1.45. The second-order valence-electron chi connectivity index (χ2n) is 4.68. The van der Waals surface area contributed by atoms with Crippen LogP contribution in [0.3, 0.4) is 0 Å². The summed E-state index contributed by atoms with van der Waals surface area (Å²) in [5.41, 5.74) is 7.75. The predicted octanol–water partition coefficient (Wildman–Crippen LogP) is 0.923. The number of nitrogens with one attached hydrogen (secondary N) is 2. The van der Waals surface area contributed by atoms with E-state index in [1.54, 1.807) is 6.92 Å². The number of nitrogens with zero attached hydrogens (tertiary/aromatic N) is 2. The molecule has 0 bridgehead atoms. The van der Waals surface area contributed by atoms with Crippen LogP contribution in [0.1, 0.15) is 28.2 Å². The summed E-state index contributed by atoms with van der Waals surface area (Å²) in [6, 6.07) is 0. The molecule has 7 nitrogen and oxygen atoms in total. The number of anilines is 1. The molecule has 0 saturated heterocycles. The summed E-state index contributed by atoms with van der Waals surface area (Å²) in [5, 5.41) is 6.84. The molecule has 0 unspecified atom stereocenters. The maximum Gasteiger partial charge on any atom is 0.283 e. The summed E-state index contributed by atoms with van der Waals surface area (Å²) in [7, 11) is -3.75. The highest BCUT2D eigenvalue weighted by atomic mass is 32.2. The number of hydrogen-bond acceptors (Lipinski definition) is 6. The number of fused-ring (bicyclic) bond motifs is 1. The molecule has 2 heterocycles. The molecule has 0 atom stereocenters. The molecule has 0 aliphatic heterocycles. The summed E-state index contributed by atoms with van der Waals surface area (Å²) in [6.45, 7) is 1.86. The quantitative estimate of drug-likeness (QED) is 0.776. The summed E-state index contributed by atoms with van der Waals surface area (Å²) >= 11 is 1.39. The van der Waals surface area contributed by atoms with Crippen molar-refractivity contribution in [3.8, 4) is 0 Å². The molecule has 9 heteroatoms. The van der Waals surface area contributed by atoms with E-state index in [2.05, 4.69) is 19.9 Å². The number of nitrogens with two attached hydrogens (primary N) is 1. The fourth-order valence-electron chi connectivity index (χ4n) is 2.29. The average molecular weight is 313 g/mol. The molecule has 0 amide bonds. The zero-order valence-corrected chi connectivity index (χ0v) is 12.6. The third-order valence-corrected chi connectivity index (χ3v) is 5.82. The van der Waals surface area contributed by atoms with E-state index < -0.39 is 10.0 Å². The van der Waals surface area contributed by atoms with Crippen LogP contribution < -0.4 is 10.5 Å². The van der Waals surface area contributed by atoms with Crippen molar-refractivity contribution in [3.63, 3.8) is 0 Å². The Morgan fingerprint density at radius 3 is 2.95 bits per heavy atom. The fraction of sp³-hybridized carbons (Fsp3) is 0.455. The lowest BCUT2D eigenvalue weighted by atomic mass is 10.3. The van der Waals surface area contributed by atoms with Gasteiger partial charge in [-0.05, 0) is 26.2 Å². The summed E-state index contributed by atoms with van der Waals surface area (Å²) < 4.78 is 27.2. The van der Waals surface area contributed by atoms with Crippen LogP contribution in [0, 0.1) is 6.92 Å². The fourth-order valence-corrected chi connectivity index (χ4v) is 4.79. The molecule has 0 aromatic carbocycles. The Bertz CT molecular complexity index is 725. The van der Waals surface area contributed by atoms with Gasteiger partial charge >= 0.3 is 0 Å². The van der Waals surface area contributed by atoms with Gasteiger partial charge in [-0.2, -0.15) is 13.5 Å². The lowest BCUT2D eigenvalue weighted by molar-refractivity contribution is 0.595. The van der Waals surface area contributed by atoms with E-state index in [1.807, 2.05) is 0 Å². The number of aromatic nitrogens is 3. The molecule has 0 saturated carbocycles. The Labute approximate surface area is 120 Å². The van der Waals surface area contributed by atoms with Gasteiger partial charge in [0.05, 0.1) is 5.69 Å². The van der Waals surface area contributed by atoms with Gasteiger partial charge in [-0.15, -0.1) is 11.3 Å². The number of rotatable bonds is 4. The average Bonchev–Trinajstić information content (AvgIpc) is 3.02. The topological polar surface area (TPSA) is 114 Å². The molecule has 1 aliphatic rings. The second kappa shape index (κ2) is 4.83. The van der Waals surface area contributed by atoms with E-state index in [9.17, 15) is 8.42 Å². The number of H-pyrrole nitrogens is 1. The molecular formula is C11H15N5O2S2. The third kappa shape index (κ3) is 2.21. The van der Waals surface area contributed by atoms with E-state index in [4.69, 9.17) is 5.73 Å². The summed E-state index contributed by atoms with van der Waals surface area (Å²) in [6.07, 6.45) is 2.99. The standard InChI is InChI=1S/C11H15N5O2S2/c1-6-7(5-12)10(15-14-6)20(17,18)16-11-13-8-3-2-4-9(8)19-11/h2-5,12H2,1H3,(H,13,16)(H,14,15). The lowest BCUT2D eigenvalue weighted by Crippen LogP contribution is -2.16. The van der Waals surface area contributed by atoms with Gasteiger partial charge in [0.25, 0.3) is 10.0 Å². The monoisotopic (exact) mass is 313 g/mol. The minimum atomic E-state index is -3.75. The number of hydrogen-bond donors (Lipinski definition) is 3. The van der Waals surface area contributed by atoms with Crippen LogP contribution in [-0.2, 0) is 29.4 Å². The first-order valence-corrected chi connectivity index (χ1v) is 8.56. The smallest absolute Gasteiger partial charge is 0.283 e. The van der Waals surface area contributed by atoms with Crippen LogP contribution in [0.25, 0.3) is 0 Å². The van der Waals surface area contributed by atoms with Crippen molar-refractivity contribution in [2.24, 2.45) is 5.73 Å². The van der Waals surface area contributed by atoms with Crippen LogP contribution in [0.2, 0.25) is 0 Å². The van der Waals surface area contributed by atoms with Crippen molar-refractivity contribution >= 4 is 26.5 Å². The SMILES string of the molecule is Cc1[nH]nc(S(=O)(=O)Nc2nc3c(s2)CCC3)c1CN. The zero-order valence-electron chi connectivity index (χ0n) is 10.9. The predicted molar refractivity (Wildman–Crippen MR) is 76.2 cm³/mol. The minimum absolute atomic E-state index is 0.0483. The van der Waals surface area contributed by atoms with Crippen LogP contribution in [0.15, 0.2) is 5.03 Å². The molecule has 0 fully saturated rings. The van der Waals surface area contributed by atoms with Crippen molar-refractivity contribution in [1.29, 1.82) is 0 Å². The maximum atomic E-state index is 12.3. The van der Waals surface area contributed by atoms with Gasteiger partial charge in [0.1, 0.15) is 0 Å². The molecule has 0 radical (unpaired) electrons. The molecule has 2 aromatic rings. The molecule has 0 spiro atoms. The number of sulfonamides is 1. The van der Waals surface area contributed by atoms with Crippen LogP contribution in [-0.4, -0.2) is 23.6 Å². The van der Waals surface area contributed by atoms with Gasteiger partial charge < -0.3 is 5.73 Å². The molecule has 3 rings (SSSR count). The van der Waals surface area contributed by atoms with E-state index >= 15 is 0 Å². The van der Waals surface area contributed by atoms with Crippen LogP contribution in [0.4, 0.5) is 5.13 Å². The first-order chi connectivity index (χ1) is 9.51. The Morgan fingerprint density at radius 2 is 2.25 bits per heavy atom. The van der Waals surface area contributed by atoms with E-state index in [-0.39, 0.29) is 11.6 Å². The highest BCUT2D eigenvalue weighted by Crippen LogP contribution is 2.31. The third-order valence-electron chi connectivity index (χ3n) is 3.31. The van der Waals surface area contributed by atoms with Gasteiger partial charge in [-0.25, -0.2) is 4.98 Å².